The quantitative estimate of drug-likeness (QED) is 0.142. The maximum absolute atomic E-state index is 5.52. The lowest BCUT2D eigenvalue weighted by Gasteiger charge is -2.15. The summed E-state index contributed by atoms with van der Waals surface area (Å²) in [5, 5.41) is 31.4. The fourth-order valence-electron chi connectivity index (χ4n) is 17.0. The number of fused-ring (bicyclic) bond motifs is 24. The molecule has 2 aromatic heterocycles. The Morgan fingerprint density at radius 2 is 0.330 bits per heavy atom. The van der Waals surface area contributed by atoms with Crippen LogP contribution >= 0.6 is 0 Å². The molecule has 0 radical (unpaired) electrons. The Labute approximate surface area is 609 Å². The second-order valence-electron chi connectivity index (χ2n) is 28.1. The highest BCUT2D eigenvalue weighted by Gasteiger charge is 2.21. The summed E-state index contributed by atoms with van der Waals surface area (Å²) in [6.07, 6.45) is 0. The molecule has 0 aliphatic heterocycles. The van der Waals surface area contributed by atoms with E-state index in [-0.39, 0.29) is 0 Å². The van der Waals surface area contributed by atoms with Gasteiger partial charge in [0, 0.05) is 33.4 Å². The number of aromatic nitrogens is 5. The van der Waals surface area contributed by atoms with Gasteiger partial charge in [0.1, 0.15) is 0 Å². The number of benzene rings is 20. The van der Waals surface area contributed by atoms with Crippen LogP contribution < -0.4 is 0 Å². The zero-order chi connectivity index (χ0) is 69.5. The van der Waals surface area contributed by atoms with E-state index in [0.29, 0.717) is 23.3 Å². The summed E-state index contributed by atoms with van der Waals surface area (Å²) in [7, 11) is 0. The fraction of sp³-hybridized carbons (Fsp3) is 0. The first-order valence-electron chi connectivity index (χ1n) is 36.2. The van der Waals surface area contributed by atoms with Crippen molar-refractivity contribution in [2.45, 2.75) is 0 Å². The summed E-state index contributed by atoms with van der Waals surface area (Å²) in [5.41, 5.74) is 12.0. The molecule has 2 heterocycles. The molecule has 0 aliphatic carbocycles. The zero-order valence-electron chi connectivity index (χ0n) is 57.3. The molecule has 5 heteroatoms. The van der Waals surface area contributed by atoms with Crippen molar-refractivity contribution >= 4 is 140 Å². The molecule has 106 heavy (non-hydrogen) atoms. The molecule has 0 unspecified atom stereocenters. The first-order chi connectivity index (χ1) is 52.5. The first-order valence-corrected chi connectivity index (χ1v) is 36.2. The van der Waals surface area contributed by atoms with Crippen molar-refractivity contribution in [3.8, 4) is 90.3 Å². The van der Waals surface area contributed by atoms with Gasteiger partial charge in [-0.25, -0.2) is 24.9 Å². The average molecular weight is 1340 g/mol. The van der Waals surface area contributed by atoms with Crippen LogP contribution in [0.3, 0.4) is 0 Å². The van der Waals surface area contributed by atoms with E-state index in [1.54, 1.807) is 0 Å². The predicted molar refractivity (Wildman–Crippen MR) is 446 cm³/mol. The zero-order valence-corrected chi connectivity index (χ0v) is 57.3. The lowest BCUT2D eigenvalue weighted by molar-refractivity contribution is 1.08. The van der Waals surface area contributed by atoms with Crippen molar-refractivity contribution < 1.29 is 0 Å². The molecule has 0 aliphatic rings. The molecule has 0 saturated carbocycles. The van der Waals surface area contributed by atoms with Gasteiger partial charge in [-0.2, -0.15) is 0 Å². The van der Waals surface area contributed by atoms with Crippen molar-refractivity contribution in [3.05, 3.63) is 358 Å². The Hall–Kier alpha value is -14.1. The highest BCUT2D eigenvalue weighted by atomic mass is 15.0. The molecule has 0 atom stereocenters. The van der Waals surface area contributed by atoms with E-state index in [9.17, 15) is 0 Å². The minimum absolute atomic E-state index is 0.611. The van der Waals surface area contributed by atoms with Gasteiger partial charge in [-0.1, -0.05) is 315 Å². The Kier molecular flexibility index (Phi) is 13.3. The normalized spacial score (nSPS) is 12.0. The molecule has 5 nitrogen and oxygen atoms in total. The van der Waals surface area contributed by atoms with Gasteiger partial charge in [0.05, 0.1) is 11.4 Å². The fourth-order valence-corrected chi connectivity index (χ4v) is 17.0. The molecular weight excluding hydrogens is 1280 g/mol. The van der Waals surface area contributed by atoms with Gasteiger partial charge in [-0.15, -0.1) is 0 Å². The Balaban J connectivity index is 0.621. The molecule has 0 N–H and O–H groups in total. The van der Waals surface area contributed by atoms with Gasteiger partial charge in [-0.05, 0) is 205 Å². The molecular formula is C101H59N5. The van der Waals surface area contributed by atoms with E-state index < -0.39 is 0 Å². The third kappa shape index (κ3) is 9.67. The number of hydrogen-bond acceptors (Lipinski definition) is 5. The molecule has 0 fully saturated rings. The third-order valence-electron chi connectivity index (χ3n) is 22.2. The van der Waals surface area contributed by atoms with E-state index in [1.807, 2.05) is 0 Å². The summed E-state index contributed by atoms with van der Waals surface area (Å²) < 4.78 is 0. The van der Waals surface area contributed by atoms with Crippen LogP contribution in [-0.2, 0) is 0 Å². The summed E-state index contributed by atoms with van der Waals surface area (Å²) in [5.74, 6) is 2.53. The maximum Gasteiger partial charge on any atom is 0.164 e. The lowest BCUT2D eigenvalue weighted by Crippen LogP contribution is -2.00. The molecule has 0 spiro atoms. The van der Waals surface area contributed by atoms with Crippen LogP contribution in [0.5, 0.6) is 0 Å². The molecule has 22 aromatic rings. The van der Waals surface area contributed by atoms with E-state index in [4.69, 9.17) is 24.9 Å². The minimum atomic E-state index is 0.611. The molecule has 488 valence electrons. The monoisotopic (exact) mass is 1340 g/mol. The minimum Gasteiger partial charge on any atom is -0.228 e. The van der Waals surface area contributed by atoms with Crippen molar-refractivity contribution in [1.29, 1.82) is 0 Å². The van der Waals surface area contributed by atoms with Crippen LogP contribution in [0, 0.1) is 0 Å². The predicted octanol–water partition coefficient (Wildman–Crippen LogP) is 27.0. The highest BCUT2D eigenvalue weighted by Crippen LogP contribution is 2.44. The molecule has 0 saturated heterocycles. The second-order valence-corrected chi connectivity index (χ2v) is 28.1. The van der Waals surface area contributed by atoms with Crippen molar-refractivity contribution in [2.75, 3.05) is 0 Å². The smallest absolute Gasteiger partial charge is 0.164 e. The highest BCUT2D eigenvalue weighted by molar-refractivity contribution is 6.29. The van der Waals surface area contributed by atoms with E-state index >= 15 is 0 Å². The molecule has 22 rings (SSSR count). The standard InChI is InChI=1S/C101H59N5/c1-3-17-74-63(15-1)35-39-67-53-71(44-47-76(67)74)99-102-96(69-42-50-89-82-23-7-5-19-78(82)80-21-9-12-26-85(80)93(89)56-69)59-97(103-99)70-43-51-91-92-55-66(41-49-88(92)84-25-11-14-28-87(84)94(91)57-70)62-31-29-60(30-32-62)61-33-37-65(38-34-61)98-104-100(72-45-48-77-68(54-72)40-36-64-16-2-4-18-75(64)77)106-101(105-98)73-46-52-90-83-24-8-6-20-79(83)81-22-10-13-27-86(81)95(90)58-73/h1-59H. The van der Waals surface area contributed by atoms with Gasteiger partial charge < -0.3 is 0 Å². The van der Waals surface area contributed by atoms with Gasteiger partial charge in [0.2, 0.25) is 0 Å². The number of rotatable bonds is 8. The Bertz CT molecular complexity index is 7440. The first kappa shape index (κ1) is 59.5. The summed E-state index contributed by atoms with van der Waals surface area (Å²) in [6.45, 7) is 0. The van der Waals surface area contributed by atoms with Crippen LogP contribution in [0.1, 0.15) is 0 Å². The summed E-state index contributed by atoms with van der Waals surface area (Å²) in [6, 6.07) is 130. The van der Waals surface area contributed by atoms with Crippen molar-refractivity contribution in [3.63, 3.8) is 0 Å². The van der Waals surface area contributed by atoms with Crippen molar-refractivity contribution in [1.82, 2.24) is 24.9 Å². The van der Waals surface area contributed by atoms with Gasteiger partial charge in [0.15, 0.2) is 23.3 Å². The van der Waals surface area contributed by atoms with E-state index in [0.717, 1.165) is 83.2 Å². The van der Waals surface area contributed by atoms with E-state index in [2.05, 4.69) is 358 Å². The molecule has 0 bridgehead atoms. The second kappa shape index (κ2) is 23.7. The number of hydrogen-bond donors (Lipinski definition) is 0. The third-order valence-corrected chi connectivity index (χ3v) is 22.2. The van der Waals surface area contributed by atoms with Crippen LogP contribution in [0.15, 0.2) is 358 Å². The number of nitrogens with zero attached hydrogens (tertiary/aromatic N) is 5. The average Bonchev–Trinajstić information content (AvgIpc) is 0.690. The van der Waals surface area contributed by atoms with Gasteiger partial charge in [-0.3, -0.25) is 0 Å². The largest absolute Gasteiger partial charge is 0.228 e. The van der Waals surface area contributed by atoms with Gasteiger partial charge in [0.25, 0.3) is 0 Å². The SMILES string of the molecule is c1ccc2c(c1)ccc1cc(-c3nc(-c4ccc5c6ccccc6c6ccccc6c5c4)cc(-c4ccc5c6cc(-c7ccc(-c8ccc(-c9nc(-c%10ccc%11c(ccc%12ccccc%12%11)c%10)nc(-c%10ccc%11c%12ccccc%12c%12ccccc%12c%11c%10)n9)cc8)cc7)ccc6c6ccccc6c5c4)n3)ccc12. The Morgan fingerprint density at radius 1 is 0.113 bits per heavy atom. The lowest BCUT2D eigenvalue weighted by atomic mass is 9.90. The van der Waals surface area contributed by atoms with Crippen LogP contribution in [0.2, 0.25) is 0 Å². The van der Waals surface area contributed by atoms with Crippen molar-refractivity contribution in [2.24, 2.45) is 0 Å². The topological polar surface area (TPSA) is 64.5 Å². The Morgan fingerprint density at radius 3 is 0.717 bits per heavy atom. The van der Waals surface area contributed by atoms with Crippen LogP contribution in [-0.4, -0.2) is 24.9 Å². The summed E-state index contributed by atoms with van der Waals surface area (Å²) in [4.78, 5) is 26.9. The summed E-state index contributed by atoms with van der Waals surface area (Å²) >= 11 is 0. The van der Waals surface area contributed by atoms with Crippen LogP contribution in [0.4, 0.5) is 0 Å². The molecule has 0 amide bonds. The maximum atomic E-state index is 5.52. The molecule has 20 aromatic carbocycles. The van der Waals surface area contributed by atoms with Crippen LogP contribution in [0.25, 0.3) is 230 Å². The van der Waals surface area contributed by atoms with Gasteiger partial charge >= 0.3 is 0 Å². The van der Waals surface area contributed by atoms with E-state index in [1.165, 1.54) is 124 Å².